The topological polar surface area (TPSA) is 60.4 Å². The van der Waals surface area contributed by atoms with Crippen LogP contribution in [-0.4, -0.2) is 24.1 Å². The summed E-state index contributed by atoms with van der Waals surface area (Å²) in [4.78, 5) is 34.8. The molecule has 0 N–H and O–H groups in total. The fourth-order valence-electron chi connectivity index (χ4n) is 2.47. The first kappa shape index (κ1) is 12.3. The number of fused-ring (bicyclic) bond motifs is 1. The van der Waals surface area contributed by atoms with Gasteiger partial charge in [0.1, 0.15) is 6.61 Å². The SMILES string of the molecule is CC(C)(C)C(=O)OC[C@H]1C(=O)C(=O)[C@H]2CC[C@H]21. The van der Waals surface area contributed by atoms with Crippen LogP contribution in [0.5, 0.6) is 0 Å². The van der Waals surface area contributed by atoms with Crippen molar-refractivity contribution in [2.24, 2.45) is 23.2 Å². The van der Waals surface area contributed by atoms with Crippen LogP contribution >= 0.6 is 0 Å². The van der Waals surface area contributed by atoms with Crippen molar-refractivity contribution in [1.29, 1.82) is 0 Å². The van der Waals surface area contributed by atoms with Gasteiger partial charge in [0.25, 0.3) is 0 Å². The molecular weight excluding hydrogens is 220 g/mol. The molecule has 2 aliphatic carbocycles. The Morgan fingerprint density at radius 3 is 2.29 bits per heavy atom. The first-order chi connectivity index (χ1) is 7.82. The van der Waals surface area contributed by atoms with Crippen LogP contribution in [0, 0.1) is 23.2 Å². The van der Waals surface area contributed by atoms with Gasteiger partial charge in [-0.3, -0.25) is 14.4 Å². The lowest BCUT2D eigenvalue weighted by Crippen LogP contribution is -2.32. The Bertz CT molecular complexity index is 377. The quantitative estimate of drug-likeness (QED) is 0.538. The van der Waals surface area contributed by atoms with Gasteiger partial charge in [-0.15, -0.1) is 0 Å². The van der Waals surface area contributed by atoms with Crippen molar-refractivity contribution >= 4 is 17.5 Å². The van der Waals surface area contributed by atoms with Crippen LogP contribution in [0.15, 0.2) is 0 Å². The Morgan fingerprint density at radius 1 is 1.24 bits per heavy atom. The molecule has 0 aromatic heterocycles. The number of ether oxygens (including phenoxy) is 1. The van der Waals surface area contributed by atoms with E-state index in [2.05, 4.69) is 0 Å². The summed E-state index contributed by atoms with van der Waals surface area (Å²) in [6.07, 6.45) is 1.72. The summed E-state index contributed by atoms with van der Waals surface area (Å²) < 4.78 is 5.15. The molecule has 2 aliphatic rings. The number of hydrogen-bond acceptors (Lipinski definition) is 4. The number of rotatable bonds is 2. The van der Waals surface area contributed by atoms with Crippen molar-refractivity contribution in [3.63, 3.8) is 0 Å². The number of hydrogen-bond donors (Lipinski definition) is 0. The van der Waals surface area contributed by atoms with Crippen LogP contribution < -0.4 is 0 Å². The van der Waals surface area contributed by atoms with Gasteiger partial charge in [-0.05, 0) is 39.5 Å². The molecule has 0 spiro atoms. The largest absolute Gasteiger partial charge is 0.464 e. The normalized spacial score (nSPS) is 32.1. The van der Waals surface area contributed by atoms with E-state index in [1.807, 2.05) is 0 Å². The van der Waals surface area contributed by atoms with E-state index in [1.54, 1.807) is 20.8 Å². The van der Waals surface area contributed by atoms with E-state index in [4.69, 9.17) is 4.74 Å². The monoisotopic (exact) mass is 238 g/mol. The Morgan fingerprint density at radius 2 is 1.88 bits per heavy atom. The predicted octanol–water partition coefficient (Wildman–Crippen LogP) is 1.37. The summed E-state index contributed by atoms with van der Waals surface area (Å²) in [7, 11) is 0. The minimum atomic E-state index is -0.565. The summed E-state index contributed by atoms with van der Waals surface area (Å²) in [6, 6.07) is 0. The fraction of sp³-hybridized carbons (Fsp3) is 0.769. The molecule has 3 atom stereocenters. The third-order valence-corrected chi connectivity index (χ3v) is 3.77. The molecule has 17 heavy (non-hydrogen) atoms. The van der Waals surface area contributed by atoms with Crippen LogP contribution in [0.3, 0.4) is 0 Å². The van der Waals surface area contributed by atoms with E-state index in [1.165, 1.54) is 0 Å². The summed E-state index contributed by atoms with van der Waals surface area (Å²) in [5.41, 5.74) is -0.565. The molecule has 0 aromatic carbocycles. The van der Waals surface area contributed by atoms with E-state index < -0.39 is 5.41 Å². The van der Waals surface area contributed by atoms with Crippen LogP contribution in [0.1, 0.15) is 33.6 Å². The molecule has 4 heteroatoms. The van der Waals surface area contributed by atoms with Gasteiger partial charge in [-0.1, -0.05) is 0 Å². The van der Waals surface area contributed by atoms with Crippen molar-refractivity contribution in [2.75, 3.05) is 6.61 Å². The van der Waals surface area contributed by atoms with Crippen molar-refractivity contribution in [3.8, 4) is 0 Å². The van der Waals surface area contributed by atoms with E-state index in [-0.39, 0.29) is 41.9 Å². The fourth-order valence-corrected chi connectivity index (χ4v) is 2.47. The zero-order chi connectivity index (χ0) is 12.8. The molecule has 0 saturated heterocycles. The third kappa shape index (κ3) is 2.01. The van der Waals surface area contributed by atoms with Gasteiger partial charge >= 0.3 is 5.97 Å². The van der Waals surface area contributed by atoms with E-state index in [9.17, 15) is 14.4 Å². The van der Waals surface area contributed by atoms with Crippen LogP contribution in [0.4, 0.5) is 0 Å². The van der Waals surface area contributed by atoms with Crippen molar-refractivity contribution in [2.45, 2.75) is 33.6 Å². The summed E-state index contributed by atoms with van der Waals surface area (Å²) in [6.45, 7) is 5.37. The lowest BCUT2D eigenvalue weighted by atomic mass is 9.72. The molecule has 0 bridgehead atoms. The summed E-state index contributed by atoms with van der Waals surface area (Å²) in [5, 5.41) is 0. The molecular formula is C13H18O4. The second-order valence-electron chi connectivity index (χ2n) is 6.03. The van der Waals surface area contributed by atoms with E-state index >= 15 is 0 Å². The Hall–Kier alpha value is -1.19. The van der Waals surface area contributed by atoms with E-state index in [0.717, 1.165) is 12.8 Å². The van der Waals surface area contributed by atoms with Crippen LogP contribution in [0.2, 0.25) is 0 Å². The smallest absolute Gasteiger partial charge is 0.311 e. The third-order valence-electron chi connectivity index (χ3n) is 3.77. The molecule has 0 radical (unpaired) electrons. The van der Waals surface area contributed by atoms with Crippen molar-refractivity contribution < 1.29 is 19.1 Å². The maximum Gasteiger partial charge on any atom is 0.311 e. The first-order valence-electron chi connectivity index (χ1n) is 6.07. The molecule has 0 amide bonds. The Balaban J connectivity index is 1.94. The van der Waals surface area contributed by atoms with E-state index in [0.29, 0.717) is 0 Å². The number of carbonyl (C=O) groups excluding carboxylic acids is 3. The van der Waals surface area contributed by atoms with Gasteiger partial charge in [0.2, 0.25) is 11.6 Å². The molecule has 94 valence electrons. The second-order valence-corrected chi connectivity index (χ2v) is 6.03. The van der Waals surface area contributed by atoms with Gasteiger partial charge in [0.05, 0.1) is 11.3 Å². The van der Waals surface area contributed by atoms with Crippen LogP contribution in [-0.2, 0) is 19.1 Å². The average molecular weight is 238 g/mol. The maximum absolute atomic E-state index is 11.7. The molecule has 0 unspecified atom stereocenters. The minimum Gasteiger partial charge on any atom is -0.464 e. The molecule has 2 fully saturated rings. The summed E-state index contributed by atoms with van der Waals surface area (Å²) >= 11 is 0. The predicted molar refractivity (Wildman–Crippen MR) is 60.1 cm³/mol. The highest BCUT2D eigenvalue weighted by Crippen LogP contribution is 2.46. The number of ketones is 2. The molecule has 2 saturated carbocycles. The zero-order valence-electron chi connectivity index (χ0n) is 10.5. The Labute approximate surface area is 101 Å². The average Bonchev–Trinajstić information content (AvgIpc) is 2.32. The molecule has 0 aliphatic heterocycles. The van der Waals surface area contributed by atoms with Gasteiger partial charge in [0, 0.05) is 5.92 Å². The van der Waals surface area contributed by atoms with Crippen molar-refractivity contribution in [3.05, 3.63) is 0 Å². The molecule has 2 rings (SSSR count). The molecule has 4 nitrogen and oxygen atoms in total. The van der Waals surface area contributed by atoms with Gasteiger partial charge in [-0.25, -0.2) is 0 Å². The summed E-state index contributed by atoms with van der Waals surface area (Å²) in [5.74, 6) is -1.24. The Kier molecular flexibility index (Phi) is 2.84. The molecule has 0 heterocycles. The zero-order valence-corrected chi connectivity index (χ0v) is 10.5. The number of esters is 1. The molecule has 0 aromatic rings. The highest BCUT2D eigenvalue weighted by Gasteiger charge is 2.54. The first-order valence-corrected chi connectivity index (χ1v) is 6.07. The number of carbonyl (C=O) groups is 3. The lowest BCUT2D eigenvalue weighted by molar-refractivity contribution is -0.155. The highest BCUT2D eigenvalue weighted by molar-refractivity contribution is 6.41. The highest BCUT2D eigenvalue weighted by atomic mass is 16.5. The van der Waals surface area contributed by atoms with Crippen LogP contribution in [0.25, 0.3) is 0 Å². The van der Waals surface area contributed by atoms with Gasteiger partial charge in [0.15, 0.2) is 0 Å². The van der Waals surface area contributed by atoms with Gasteiger partial charge < -0.3 is 4.74 Å². The maximum atomic E-state index is 11.7. The van der Waals surface area contributed by atoms with Crippen molar-refractivity contribution in [1.82, 2.24) is 0 Å². The lowest BCUT2D eigenvalue weighted by Gasteiger charge is -2.31. The number of Topliss-reactive ketones (excluding diaryl/α,β-unsaturated/α-hetero) is 2. The van der Waals surface area contributed by atoms with Gasteiger partial charge in [-0.2, -0.15) is 0 Å². The standard InChI is InChI=1S/C13H18O4/c1-13(2,3)12(16)17-6-9-7-4-5-8(7)10(14)11(9)15/h7-9H,4-6H2,1-3H3/t7-,8+,9-/m1/s1. The second kappa shape index (κ2) is 3.93. The minimum absolute atomic E-state index is 0.0713.